The van der Waals surface area contributed by atoms with E-state index in [4.69, 9.17) is 18.9 Å². The minimum Gasteiger partial charge on any atom is -0.469 e. The molecule has 7 heteroatoms. The van der Waals surface area contributed by atoms with E-state index >= 15 is 0 Å². The molecular formula is C13H17BrO6. The number of halogens is 1. The minimum absolute atomic E-state index is 0.0873. The van der Waals surface area contributed by atoms with Crippen molar-refractivity contribution < 1.29 is 28.5 Å². The standard InChI is InChI=1S/C13H17BrO6/c1-16-7-19-10-4-9(5-12(15)18-3)13(14)11(6-10)20-8-17-2/h4,6H,5,7-8H2,1-3H3. The summed E-state index contributed by atoms with van der Waals surface area (Å²) in [6.07, 6.45) is 0.102. The highest BCUT2D eigenvalue weighted by molar-refractivity contribution is 9.10. The third-order valence-corrected chi connectivity index (χ3v) is 3.23. The third-order valence-electron chi connectivity index (χ3n) is 2.33. The van der Waals surface area contributed by atoms with Gasteiger partial charge < -0.3 is 23.7 Å². The van der Waals surface area contributed by atoms with Gasteiger partial charge in [-0.25, -0.2) is 0 Å². The lowest BCUT2D eigenvalue weighted by Gasteiger charge is -2.14. The molecule has 1 rings (SSSR count). The second-order valence-corrected chi connectivity index (χ2v) is 4.54. The van der Waals surface area contributed by atoms with Crippen LogP contribution in [0.2, 0.25) is 0 Å². The topological polar surface area (TPSA) is 63.2 Å². The second kappa shape index (κ2) is 8.78. The highest BCUT2D eigenvalue weighted by atomic mass is 79.9. The van der Waals surface area contributed by atoms with E-state index in [0.717, 1.165) is 0 Å². The Morgan fingerprint density at radius 3 is 2.35 bits per heavy atom. The van der Waals surface area contributed by atoms with E-state index in [1.54, 1.807) is 12.1 Å². The molecule has 0 aliphatic heterocycles. The molecule has 0 aliphatic carbocycles. The summed E-state index contributed by atoms with van der Waals surface area (Å²) in [6.45, 7) is 0.188. The van der Waals surface area contributed by atoms with Gasteiger partial charge in [-0.3, -0.25) is 4.79 Å². The fourth-order valence-corrected chi connectivity index (χ4v) is 1.91. The highest BCUT2D eigenvalue weighted by Gasteiger charge is 2.14. The molecule has 1 aromatic rings. The normalized spacial score (nSPS) is 10.2. The van der Waals surface area contributed by atoms with Gasteiger partial charge in [0, 0.05) is 20.3 Å². The molecule has 112 valence electrons. The Balaban J connectivity index is 3.02. The summed E-state index contributed by atoms with van der Waals surface area (Å²) in [4.78, 5) is 11.4. The van der Waals surface area contributed by atoms with E-state index in [9.17, 15) is 4.79 Å². The van der Waals surface area contributed by atoms with Crippen molar-refractivity contribution in [2.45, 2.75) is 6.42 Å². The van der Waals surface area contributed by atoms with Gasteiger partial charge in [0.1, 0.15) is 11.5 Å². The van der Waals surface area contributed by atoms with Crippen molar-refractivity contribution in [3.05, 3.63) is 22.2 Å². The minimum atomic E-state index is -0.354. The van der Waals surface area contributed by atoms with Crippen LogP contribution in [0.3, 0.4) is 0 Å². The molecule has 6 nitrogen and oxygen atoms in total. The number of methoxy groups -OCH3 is 3. The Labute approximate surface area is 126 Å². The van der Waals surface area contributed by atoms with Crippen molar-refractivity contribution in [1.82, 2.24) is 0 Å². The van der Waals surface area contributed by atoms with Gasteiger partial charge in [-0.1, -0.05) is 0 Å². The van der Waals surface area contributed by atoms with Crippen LogP contribution >= 0.6 is 15.9 Å². The van der Waals surface area contributed by atoms with Crippen LogP contribution in [-0.2, 0) is 25.4 Å². The maximum atomic E-state index is 11.4. The molecule has 0 N–H and O–H groups in total. The number of esters is 1. The number of benzene rings is 1. The van der Waals surface area contributed by atoms with Crippen LogP contribution in [-0.4, -0.2) is 40.9 Å². The maximum absolute atomic E-state index is 11.4. The lowest BCUT2D eigenvalue weighted by atomic mass is 10.1. The molecule has 0 radical (unpaired) electrons. The number of hydrogen-bond acceptors (Lipinski definition) is 6. The molecular weight excluding hydrogens is 332 g/mol. The molecule has 0 saturated carbocycles. The first-order valence-electron chi connectivity index (χ1n) is 5.75. The van der Waals surface area contributed by atoms with Gasteiger partial charge in [-0.15, -0.1) is 0 Å². The smallest absolute Gasteiger partial charge is 0.310 e. The zero-order chi connectivity index (χ0) is 15.0. The maximum Gasteiger partial charge on any atom is 0.310 e. The Morgan fingerprint density at radius 2 is 1.75 bits per heavy atom. The zero-order valence-electron chi connectivity index (χ0n) is 11.6. The molecule has 0 atom stereocenters. The SMILES string of the molecule is COCOc1cc(CC(=O)OC)c(Br)c(OCOC)c1. The Hall–Kier alpha value is -1.31. The summed E-state index contributed by atoms with van der Waals surface area (Å²) >= 11 is 3.40. The van der Waals surface area contributed by atoms with Crippen molar-refractivity contribution in [3.63, 3.8) is 0 Å². The number of ether oxygens (including phenoxy) is 5. The van der Waals surface area contributed by atoms with Gasteiger partial charge in [-0.05, 0) is 27.6 Å². The van der Waals surface area contributed by atoms with Gasteiger partial charge in [0.05, 0.1) is 18.0 Å². The average Bonchev–Trinajstić information content (AvgIpc) is 2.46. The summed E-state index contributed by atoms with van der Waals surface area (Å²) in [7, 11) is 4.38. The summed E-state index contributed by atoms with van der Waals surface area (Å²) in [5.74, 6) is 0.687. The average molecular weight is 349 g/mol. The van der Waals surface area contributed by atoms with Gasteiger partial charge in [0.25, 0.3) is 0 Å². The second-order valence-electron chi connectivity index (χ2n) is 3.75. The number of carbonyl (C=O) groups excluding carboxylic acids is 1. The van der Waals surface area contributed by atoms with E-state index < -0.39 is 0 Å². The fraction of sp³-hybridized carbons (Fsp3) is 0.462. The predicted octanol–water partition coefficient (Wildman–Crippen LogP) is 2.13. The molecule has 0 spiro atoms. The van der Waals surface area contributed by atoms with Crippen molar-refractivity contribution in [3.8, 4) is 11.5 Å². The molecule has 0 saturated heterocycles. The largest absolute Gasteiger partial charge is 0.469 e. The van der Waals surface area contributed by atoms with Crippen LogP contribution < -0.4 is 9.47 Å². The monoisotopic (exact) mass is 348 g/mol. The van der Waals surface area contributed by atoms with Crippen molar-refractivity contribution >= 4 is 21.9 Å². The summed E-state index contributed by atoms with van der Waals surface area (Å²) in [6, 6.07) is 3.41. The summed E-state index contributed by atoms with van der Waals surface area (Å²) in [5.41, 5.74) is 0.691. The van der Waals surface area contributed by atoms with Crippen molar-refractivity contribution in [2.24, 2.45) is 0 Å². The molecule has 0 fully saturated rings. The van der Waals surface area contributed by atoms with Crippen LogP contribution in [0.4, 0.5) is 0 Å². The van der Waals surface area contributed by atoms with Crippen LogP contribution in [0.25, 0.3) is 0 Å². The van der Waals surface area contributed by atoms with Crippen LogP contribution in [0.15, 0.2) is 16.6 Å². The fourth-order valence-electron chi connectivity index (χ4n) is 1.42. The summed E-state index contributed by atoms with van der Waals surface area (Å²) in [5, 5.41) is 0. The van der Waals surface area contributed by atoms with Crippen LogP contribution in [0.5, 0.6) is 11.5 Å². The molecule has 1 aromatic carbocycles. The third kappa shape index (κ3) is 4.99. The number of carbonyl (C=O) groups is 1. The van der Waals surface area contributed by atoms with Crippen LogP contribution in [0, 0.1) is 0 Å². The lowest BCUT2D eigenvalue weighted by molar-refractivity contribution is -0.139. The molecule has 0 aromatic heterocycles. The van der Waals surface area contributed by atoms with Crippen molar-refractivity contribution in [1.29, 1.82) is 0 Å². The van der Waals surface area contributed by atoms with Crippen molar-refractivity contribution in [2.75, 3.05) is 34.9 Å². The van der Waals surface area contributed by atoms with E-state index in [2.05, 4.69) is 20.7 Å². The molecule has 20 heavy (non-hydrogen) atoms. The number of rotatable bonds is 8. The Kier molecular flexibility index (Phi) is 7.35. The van der Waals surface area contributed by atoms with E-state index in [1.807, 2.05) is 0 Å². The quantitative estimate of drug-likeness (QED) is 0.529. The van der Waals surface area contributed by atoms with E-state index in [0.29, 0.717) is 21.5 Å². The zero-order valence-corrected chi connectivity index (χ0v) is 13.2. The van der Waals surface area contributed by atoms with Gasteiger partial charge in [0.2, 0.25) is 0 Å². The van der Waals surface area contributed by atoms with Gasteiger partial charge in [-0.2, -0.15) is 0 Å². The molecule has 0 amide bonds. The molecule has 0 heterocycles. The van der Waals surface area contributed by atoms with Crippen LogP contribution in [0.1, 0.15) is 5.56 Å². The molecule has 0 unspecified atom stereocenters. The Morgan fingerprint density at radius 1 is 1.10 bits per heavy atom. The molecule has 0 aliphatic rings. The van der Waals surface area contributed by atoms with Gasteiger partial charge in [0.15, 0.2) is 13.6 Å². The summed E-state index contributed by atoms with van der Waals surface area (Å²) < 4.78 is 25.8. The molecule has 0 bridgehead atoms. The van der Waals surface area contributed by atoms with E-state index in [-0.39, 0.29) is 26.0 Å². The predicted molar refractivity (Wildman–Crippen MR) is 74.9 cm³/mol. The number of hydrogen-bond donors (Lipinski definition) is 0. The highest BCUT2D eigenvalue weighted by Crippen LogP contribution is 2.34. The first-order valence-corrected chi connectivity index (χ1v) is 6.54. The Bertz CT molecular complexity index is 449. The van der Waals surface area contributed by atoms with E-state index in [1.165, 1.54) is 21.3 Å². The first kappa shape index (κ1) is 16.7. The lowest BCUT2D eigenvalue weighted by Crippen LogP contribution is -2.08. The van der Waals surface area contributed by atoms with Gasteiger partial charge >= 0.3 is 5.97 Å². The first-order chi connectivity index (χ1) is 9.62.